The monoisotopic (exact) mass is 207 g/mol. The van der Waals surface area contributed by atoms with Crippen LogP contribution in [0.15, 0.2) is 11.6 Å². The molecule has 0 aromatic carbocycles. The van der Waals surface area contributed by atoms with E-state index in [0.29, 0.717) is 11.6 Å². The lowest BCUT2D eigenvalue weighted by Gasteiger charge is -2.19. The third-order valence-electron chi connectivity index (χ3n) is 1.26. The third kappa shape index (κ3) is 5.49. The lowest BCUT2D eigenvalue weighted by molar-refractivity contribution is 0.103. The molecule has 0 spiro atoms. The number of rotatable bonds is 5. The van der Waals surface area contributed by atoms with Crippen molar-refractivity contribution in [1.82, 2.24) is 4.90 Å². The molecule has 0 bridgehead atoms. The summed E-state index contributed by atoms with van der Waals surface area (Å²) < 4.78 is 4.73. The van der Waals surface area contributed by atoms with Crippen LogP contribution in [0.4, 0.5) is 4.79 Å². The van der Waals surface area contributed by atoms with Crippen LogP contribution < -0.4 is 0 Å². The van der Waals surface area contributed by atoms with E-state index in [0.717, 1.165) is 0 Å². The third-order valence-corrected chi connectivity index (χ3v) is 1.38. The van der Waals surface area contributed by atoms with Crippen LogP contribution >= 0.6 is 11.6 Å². The van der Waals surface area contributed by atoms with Crippen molar-refractivity contribution >= 4 is 17.7 Å². The summed E-state index contributed by atoms with van der Waals surface area (Å²) in [5, 5.41) is 8.98. The van der Waals surface area contributed by atoms with Gasteiger partial charge < -0.3 is 14.7 Å². The second-order valence-electron chi connectivity index (χ2n) is 2.36. The van der Waals surface area contributed by atoms with E-state index >= 15 is 0 Å². The van der Waals surface area contributed by atoms with Gasteiger partial charge in [-0.1, -0.05) is 18.2 Å². The average molecular weight is 208 g/mol. The number of hydrogen-bond donors (Lipinski definition) is 1. The zero-order valence-electron chi connectivity index (χ0n) is 7.62. The molecule has 0 aromatic rings. The largest absolute Gasteiger partial charge is 0.450 e. The Balaban J connectivity index is 4.06. The number of aliphatic hydroxyl groups excluding tert-OH is 1. The Morgan fingerprint density at radius 3 is 2.69 bits per heavy atom. The van der Waals surface area contributed by atoms with Crippen molar-refractivity contribution in [2.45, 2.75) is 6.92 Å². The van der Waals surface area contributed by atoms with Crippen LogP contribution in [0.1, 0.15) is 6.92 Å². The molecule has 0 heterocycles. The van der Waals surface area contributed by atoms with Crippen molar-refractivity contribution in [2.24, 2.45) is 0 Å². The van der Waals surface area contributed by atoms with Gasteiger partial charge in [-0.3, -0.25) is 0 Å². The van der Waals surface area contributed by atoms with Crippen LogP contribution in [0, 0.1) is 0 Å². The minimum Gasteiger partial charge on any atom is -0.450 e. The normalized spacial score (nSPS) is 9.46. The maximum absolute atomic E-state index is 11.2. The molecule has 0 aliphatic heterocycles. The van der Waals surface area contributed by atoms with Gasteiger partial charge in [0.25, 0.3) is 0 Å². The highest BCUT2D eigenvalue weighted by Crippen LogP contribution is 2.03. The van der Waals surface area contributed by atoms with E-state index in [-0.39, 0.29) is 19.7 Å². The first-order valence-corrected chi connectivity index (χ1v) is 4.35. The molecule has 0 radical (unpaired) electrons. The smallest absolute Gasteiger partial charge is 0.410 e. The van der Waals surface area contributed by atoms with E-state index in [1.54, 1.807) is 6.92 Å². The summed E-state index contributed by atoms with van der Waals surface area (Å²) in [5.74, 6) is 0. The van der Waals surface area contributed by atoms with Crippen LogP contribution in [-0.2, 0) is 4.74 Å². The lowest BCUT2D eigenvalue weighted by Crippen LogP contribution is -2.35. The standard InChI is InChI=1S/C8H14ClNO3/c1-3-13-8(12)10(4-5-11)6-7(2)9/h11H,2-6H2,1H3. The molecule has 0 aliphatic carbocycles. The van der Waals surface area contributed by atoms with Crippen LogP contribution in [-0.4, -0.2) is 42.4 Å². The molecule has 5 heteroatoms. The summed E-state index contributed by atoms with van der Waals surface area (Å²) in [6.45, 7) is 5.74. The topological polar surface area (TPSA) is 49.8 Å². The van der Waals surface area contributed by atoms with E-state index in [2.05, 4.69) is 6.58 Å². The Morgan fingerprint density at radius 1 is 1.69 bits per heavy atom. The molecule has 0 atom stereocenters. The predicted octanol–water partition coefficient (Wildman–Crippen LogP) is 1.19. The number of nitrogens with zero attached hydrogens (tertiary/aromatic N) is 1. The van der Waals surface area contributed by atoms with Gasteiger partial charge in [-0.2, -0.15) is 0 Å². The summed E-state index contributed by atoms with van der Waals surface area (Å²) in [6.07, 6.45) is -0.488. The van der Waals surface area contributed by atoms with Gasteiger partial charge in [0.2, 0.25) is 0 Å². The molecular weight excluding hydrogens is 194 g/mol. The van der Waals surface area contributed by atoms with Gasteiger partial charge in [0, 0.05) is 11.6 Å². The van der Waals surface area contributed by atoms with Gasteiger partial charge in [-0.15, -0.1) is 0 Å². The molecular formula is C8H14ClNO3. The van der Waals surface area contributed by atoms with Crippen molar-refractivity contribution in [2.75, 3.05) is 26.3 Å². The number of carbonyl (C=O) groups excluding carboxylic acids is 1. The molecule has 0 saturated heterocycles. The van der Waals surface area contributed by atoms with Crippen LogP contribution in [0.3, 0.4) is 0 Å². The van der Waals surface area contributed by atoms with Gasteiger partial charge in [-0.05, 0) is 6.92 Å². The van der Waals surface area contributed by atoms with Crippen molar-refractivity contribution in [3.05, 3.63) is 11.6 Å². The highest BCUT2D eigenvalue weighted by molar-refractivity contribution is 6.29. The molecule has 0 aromatic heterocycles. The van der Waals surface area contributed by atoms with Gasteiger partial charge in [-0.25, -0.2) is 4.79 Å². The molecule has 1 N–H and O–H groups in total. The second kappa shape index (κ2) is 6.74. The van der Waals surface area contributed by atoms with Crippen molar-refractivity contribution in [3.8, 4) is 0 Å². The van der Waals surface area contributed by atoms with Crippen LogP contribution in [0.2, 0.25) is 0 Å². The molecule has 0 unspecified atom stereocenters. The Labute approximate surface area is 82.7 Å². The van der Waals surface area contributed by atoms with E-state index in [1.165, 1.54) is 4.90 Å². The van der Waals surface area contributed by atoms with Crippen molar-refractivity contribution < 1.29 is 14.6 Å². The van der Waals surface area contributed by atoms with Gasteiger partial charge in [0.05, 0.1) is 19.8 Å². The summed E-state index contributed by atoms with van der Waals surface area (Å²) in [5.41, 5.74) is 0. The zero-order chi connectivity index (χ0) is 10.3. The number of aliphatic hydroxyl groups is 1. The molecule has 0 saturated carbocycles. The highest BCUT2D eigenvalue weighted by atomic mass is 35.5. The first-order valence-electron chi connectivity index (χ1n) is 3.97. The fourth-order valence-electron chi connectivity index (χ4n) is 0.777. The molecule has 0 rings (SSSR count). The Kier molecular flexibility index (Phi) is 6.36. The van der Waals surface area contributed by atoms with Gasteiger partial charge in [0.1, 0.15) is 0 Å². The predicted molar refractivity (Wildman–Crippen MR) is 50.7 cm³/mol. The Bertz CT molecular complexity index is 184. The Morgan fingerprint density at radius 2 is 2.31 bits per heavy atom. The average Bonchev–Trinajstić information content (AvgIpc) is 2.03. The van der Waals surface area contributed by atoms with E-state index < -0.39 is 6.09 Å². The number of halogens is 1. The van der Waals surface area contributed by atoms with E-state index in [4.69, 9.17) is 21.4 Å². The highest BCUT2D eigenvalue weighted by Gasteiger charge is 2.13. The lowest BCUT2D eigenvalue weighted by atomic mass is 10.5. The molecule has 13 heavy (non-hydrogen) atoms. The SMILES string of the molecule is C=C(Cl)CN(CCO)C(=O)OCC. The zero-order valence-corrected chi connectivity index (χ0v) is 8.38. The number of amides is 1. The minimum atomic E-state index is -0.488. The van der Waals surface area contributed by atoms with Crippen LogP contribution in [0.5, 0.6) is 0 Å². The van der Waals surface area contributed by atoms with E-state index in [9.17, 15) is 4.79 Å². The quantitative estimate of drug-likeness (QED) is 0.737. The second-order valence-corrected chi connectivity index (χ2v) is 2.90. The summed E-state index contributed by atoms with van der Waals surface area (Å²) >= 11 is 5.53. The first kappa shape index (κ1) is 12.3. The number of hydrogen-bond acceptors (Lipinski definition) is 3. The van der Waals surface area contributed by atoms with Crippen LogP contribution in [0.25, 0.3) is 0 Å². The summed E-state index contributed by atoms with van der Waals surface area (Å²) in [4.78, 5) is 12.5. The number of ether oxygens (including phenoxy) is 1. The fraction of sp³-hybridized carbons (Fsp3) is 0.625. The molecule has 4 nitrogen and oxygen atoms in total. The molecule has 76 valence electrons. The maximum atomic E-state index is 11.2. The van der Waals surface area contributed by atoms with Crippen molar-refractivity contribution in [1.29, 1.82) is 0 Å². The molecule has 0 aliphatic rings. The van der Waals surface area contributed by atoms with E-state index in [1.807, 2.05) is 0 Å². The first-order chi connectivity index (χ1) is 6.11. The molecule has 1 amide bonds. The van der Waals surface area contributed by atoms with Gasteiger partial charge >= 0.3 is 6.09 Å². The van der Waals surface area contributed by atoms with Gasteiger partial charge in [0.15, 0.2) is 0 Å². The summed E-state index contributed by atoms with van der Waals surface area (Å²) in [7, 11) is 0. The maximum Gasteiger partial charge on any atom is 0.410 e. The molecule has 0 fully saturated rings. The summed E-state index contributed by atoms with van der Waals surface area (Å²) in [6, 6.07) is 0. The Hall–Kier alpha value is -0.740. The minimum absolute atomic E-state index is 0.122. The van der Waals surface area contributed by atoms with Crippen molar-refractivity contribution in [3.63, 3.8) is 0 Å². The fourth-order valence-corrected chi connectivity index (χ4v) is 0.922. The number of carbonyl (C=O) groups is 1.